The summed E-state index contributed by atoms with van der Waals surface area (Å²) in [5, 5.41) is 3.98. The highest BCUT2D eigenvalue weighted by Gasteiger charge is 2.26. The second-order valence-corrected chi connectivity index (χ2v) is 10.4. The van der Waals surface area contributed by atoms with Gasteiger partial charge in [0.05, 0.1) is 29.9 Å². The first kappa shape index (κ1) is 30.5. The number of anilines is 4. The molecule has 0 radical (unpaired) electrons. The lowest BCUT2D eigenvalue weighted by Crippen LogP contribution is -2.30. The predicted octanol–water partition coefficient (Wildman–Crippen LogP) is 5.06. The Kier molecular flexibility index (Phi) is 9.82. The van der Waals surface area contributed by atoms with E-state index in [1.54, 1.807) is 24.4 Å². The largest absolute Gasteiger partial charge is 0.494 e. The fourth-order valence-corrected chi connectivity index (χ4v) is 4.82. The first-order valence-corrected chi connectivity index (χ1v) is 14.0. The average molecular weight is 590 g/mol. The van der Waals surface area contributed by atoms with E-state index < -0.39 is 5.91 Å². The molecule has 0 aliphatic carbocycles. The number of likely N-dealkylation sites (N-methyl/N-ethyl adjacent to an activating group) is 2. The van der Waals surface area contributed by atoms with Gasteiger partial charge in [0.15, 0.2) is 0 Å². The number of nitrogens with zero attached hydrogens (tertiary/aromatic N) is 6. The molecule has 0 aliphatic heterocycles. The van der Waals surface area contributed by atoms with Crippen LogP contribution in [0.15, 0.2) is 67.5 Å². The molecule has 10 nitrogen and oxygen atoms in total. The fraction of sp³-hybridized carbons (Fsp3) is 0.290. The summed E-state index contributed by atoms with van der Waals surface area (Å²) < 4.78 is 7.82. The first-order valence-electron chi connectivity index (χ1n) is 13.5. The topological polar surface area (TPSA) is 95.8 Å². The molecule has 0 saturated carbocycles. The summed E-state index contributed by atoms with van der Waals surface area (Å²) in [6.07, 6.45) is 4.94. The monoisotopic (exact) mass is 589 g/mol. The smallest absolute Gasteiger partial charge is 0.257 e. The van der Waals surface area contributed by atoms with Crippen LogP contribution in [0.3, 0.4) is 0 Å². The summed E-state index contributed by atoms with van der Waals surface area (Å²) in [6.45, 7) is 5.17. The maximum atomic E-state index is 13.4. The van der Waals surface area contributed by atoms with E-state index in [4.69, 9.17) is 21.3 Å². The second kappa shape index (κ2) is 13.5. The lowest BCUT2D eigenvalue weighted by Gasteiger charge is -2.28. The van der Waals surface area contributed by atoms with E-state index in [0.29, 0.717) is 29.4 Å². The van der Waals surface area contributed by atoms with Crippen molar-refractivity contribution in [3.63, 3.8) is 0 Å². The van der Waals surface area contributed by atoms with Crippen molar-refractivity contribution in [2.24, 2.45) is 7.05 Å². The van der Waals surface area contributed by atoms with Crippen LogP contribution in [0.5, 0.6) is 5.75 Å². The Hall–Kier alpha value is -4.41. The van der Waals surface area contributed by atoms with Gasteiger partial charge in [-0.05, 0) is 38.4 Å². The number of fused-ring (bicyclic) bond motifs is 1. The van der Waals surface area contributed by atoms with Crippen LogP contribution in [0.25, 0.3) is 22.2 Å². The highest BCUT2D eigenvalue weighted by atomic mass is 35.5. The molecule has 1 N–H and O–H groups in total. The zero-order chi connectivity index (χ0) is 30.4. The van der Waals surface area contributed by atoms with Crippen molar-refractivity contribution in [1.29, 1.82) is 0 Å². The third-order valence-electron chi connectivity index (χ3n) is 6.84. The van der Waals surface area contributed by atoms with Crippen LogP contribution in [-0.4, -0.2) is 78.5 Å². The van der Waals surface area contributed by atoms with Gasteiger partial charge in [0, 0.05) is 74.4 Å². The second-order valence-electron chi connectivity index (χ2n) is 10.0. The molecule has 2 aromatic carbocycles. The third kappa shape index (κ3) is 6.56. The lowest BCUT2D eigenvalue weighted by atomic mass is 10.1. The van der Waals surface area contributed by atoms with Gasteiger partial charge in [-0.2, -0.15) is 0 Å². The molecule has 0 unspecified atom stereocenters. The number of aromatic nitrogens is 3. The Morgan fingerprint density at radius 1 is 1.12 bits per heavy atom. The molecule has 220 valence electrons. The van der Waals surface area contributed by atoms with Crippen molar-refractivity contribution >= 4 is 57.3 Å². The molecule has 2 amide bonds. The average Bonchev–Trinajstić information content (AvgIpc) is 3.32. The van der Waals surface area contributed by atoms with Crippen LogP contribution < -0.4 is 19.9 Å². The molecule has 11 heteroatoms. The number of alkyl halides is 1. The lowest BCUT2D eigenvalue weighted by molar-refractivity contribution is -0.116. The van der Waals surface area contributed by atoms with Gasteiger partial charge in [-0.15, -0.1) is 11.6 Å². The summed E-state index contributed by atoms with van der Waals surface area (Å²) in [5.74, 6) is -0.00708. The zero-order valence-corrected chi connectivity index (χ0v) is 25.4. The Morgan fingerprint density at radius 3 is 2.57 bits per heavy atom. The molecule has 42 heavy (non-hydrogen) atoms. The minimum Gasteiger partial charge on any atom is -0.494 e. The van der Waals surface area contributed by atoms with E-state index in [1.807, 2.05) is 68.1 Å². The number of halogens is 1. The molecule has 0 aliphatic rings. The number of rotatable bonds is 12. The van der Waals surface area contributed by atoms with Gasteiger partial charge in [0.25, 0.3) is 5.91 Å². The van der Waals surface area contributed by atoms with Crippen molar-refractivity contribution in [3.05, 3.63) is 67.5 Å². The van der Waals surface area contributed by atoms with Gasteiger partial charge in [-0.3, -0.25) is 9.59 Å². The van der Waals surface area contributed by atoms with Crippen LogP contribution in [0.1, 0.15) is 6.42 Å². The molecule has 0 fully saturated rings. The summed E-state index contributed by atoms with van der Waals surface area (Å²) in [5.41, 5.74) is 4.17. The molecule has 0 spiro atoms. The molecule has 2 heterocycles. The fourth-order valence-electron chi connectivity index (χ4n) is 4.65. The first-order chi connectivity index (χ1) is 20.2. The molecule has 0 bridgehead atoms. The van der Waals surface area contributed by atoms with Crippen LogP contribution in [0, 0.1) is 0 Å². The van der Waals surface area contributed by atoms with Gasteiger partial charge in [0.1, 0.15) is 5.75 Å². The Bertz CT molecular complexity index is 1600. The van der Waals surface area contributed by atoms with Gasteiger partial charge in [0.2, 0.25) is 11.9 Å². The SMILES string of the molecule is C=CC(=O)N(c1nccc(-c2cn(C)c3ccccc23)n1)c1cc(NC(=O)CCCl)c(N(C)CCN(C)C)cc1OC. The summed E-state index contributed by atoms with van der Waals surface area (Å²) in [7, 11) is 9.41. The minimum atomic E-state index is -0.463. The van der Waals surface area contributed by atoms with E-state index in [2.05, 4.69) is 21.8 Å². The Labute approximate surface area is 251 Å². The maximum absolute atomic E-state index is 13.4. The van der Waals surface area contributed by atoms with Crippen molar-refractivity contribution in [1.82, 2.24) is 19.4 Å². The number of para-hydroxylation sites is 1. The van der Waals surface area contributed by atoms with E-state index in [9.17, 15) is 9.59 Å². The summed E-state index contributed by atoms with van der Waals surface area (Å²) >= 11 is 5.84. The number of methoxy groups -OCH3 is 1. The van der Waals surface area contributed by atoms with Crippen molar-refractivity contribution < 1.29 is 14.3 Å². The number of amides is 2. The molecular weight excluding hydrogens is 554 g/mol. The number of nitrogens with one attached hydrogen (secondary N) is 1. The maximum Gasteiger partial charge on any atom is 0.257 e. The quantitative estimate of drug-likeness (QED) is 0.182. The van der Waals surface area contributed by atoms with Crippen LogP contribution in [0.4, 0.5) is 23.0 Å². The molecule has 2 aromatic heterocycles. The highest BCUT2D eigenvalue weighted by Crippen LogP contribution is 2.41. The standard InChI is InChI=1S/C31H36ClN7O3/c1-7-30(41)39(31-33-15-13-23(35-31)22-20-38(5)25-11-9-8-10-21(22)25)27-18-24(34-29(40)12-14-32)26(19-28(27)42-6)37(4)17-16-36(2)3/h7-11,13,15,18-20H,1,12,14,16-17H2,2-6H3,(H,34,40). The van der Waals surface area contributed by atoms with Crippen LogP contribution >= 0.6 is 11.6 Å². The van der Waals surface area contributed by atoms with Crippen molar-refractivity contribution in [3.8, 4) is 17.0 Å². The van der Waals surface area contributed by atoms with Crippen molar-refractivity contribution in [2.75, 3.05) is 62.3 Å². The zero-order valence-electron chi connectivity index (χ0n) is 24.6. The van der Waals surface area contributed by atoms with Crippen LogP contribution in [-0.2, 0) is 16.6 Å². The Balaban J connectivity index is 1.87. The third-order valence-corrected chi connectivity index (χ3v) is 7.03. The van der Waals surface area contributed by atoms with E-state index in [-0.39, 0.29) is 24.2 Å². The number of hydrogen-bond acceptors (Lipinski definition) is 7. The van der Waals surface area contributed by atoms with Crippen LogP contribution in [0.2, 0.25) is 0 Å². The predicted molar refractivity (Wildman–Crippen MR) is 170 cm³/mol. The number of aryl methyl sites for hydroxylation is 1. The Morgan fingerprint density at radius 2 is 1.88 bits per heavy atom. The number of carbonyl (C=O) groups excluding carboxylic acids is 2. The molecule has 4 aromatic rings. The van der Waals surface area contributed by atoms with E-state index in [0.717, 1.165) is 28.7 Å². The minimum absolute atomic E-state index is 0.134. The molecular formula is C31H36ClN7O3. The summed E-state index contributed by atoms with van der Waals surface area (Å²) in [6, 6.07) is 13.3. The highest BCUT2D eigenvalue weighted by molar-refractivity contribution is 6.19. The molecule has 4 rings (SSSR count). The molecule has 0 atom stereocenters. The van der Waals surface area contributed by atoms with Gasteiger partial charge in [-0.1, -0.05) is 24.8 Å². The van der Waals surface area contributed by atoms with Crippen molar-refractivity contribution in [2.45, 2.75) is 6.42 Å². The van der Waals surface area contributed by atoms with Gasteiger partial charge in [-0.25, -0.2) is 14.9 Å². The number of hydrogen-bond donors (Lipinski definition) is 1. The normalized spacial score (nSPS) is 11.0. The van der Waals surface area contributed by atoms with E-state index >= 15 is 0 Å². The van der Waals surface area contributed by atoms with Gasteiger partial charge < -0.3 is 24.4 Å². The summed E-state index contributed by atoms with van der Waals surface area (Å²) in [4.78, 5) is 40.8. The molecule has 0 saturated heterocycles. The number of benzene rings is 2. The number of carbonyl (C=O) groups is 2. The van der Waals surface area contributed by atoms with Gasteiger partial charge >= 0.3 is 0 Å². The number of ether oxygens (including phenoxy) is 1. The van der Waals surface area contributed by atoms with E-state index in [1.165, 1.54) is 18.1 Å².